The molecule has 1 atom stereocenters. The first-order chi connectivity index (χ1) is 9.15. The highest BCUT2D eigenvalue weighted by Gasteiger charge is 2.15. The van der Waals surface area contributed by atoms with E-state index >= 15 is 0 Å². The van der Waals surface area contributed by atoms with E-state index in [0.717, 1.165) is 17.1 Å². The number of methoxy groups -OCH3 is 1. The molecule has 1 aromatic heterocycles. The third kappa shape index (κ3) is 2.93. The first-order valence-electron chi connectivity index (χ1n) is 6.41. The molecular weight excluding hydrogens is 236 g/mol. The normalized spacial score (nSPS) is 12.2. The summed E-state index contributed by atoms with van der Waals surface area (Å²) in [4.78, 5) is 4.61. The van der Waals surface area contributed by atoms with Gasteiger partial charge in [0.15, 0.2) is 0 Å². The van der Waals surface area contributed by atoms with E-state index in [1.807, 2.05) is 32.2 Å². The number of aryl methyl sites for hydroxylation is 2. The quantitative estimate of drug-likeness (QED) is 0.913. The standard InChI is InChI=1S/C16H20N2O/c1-11-10-13(19-4)8-9-14(11)16(17-3)15-7-5-6-12(2)18-15/h5-10,16-17H,1-4H3. The van der Waals surface area contributed by atoms with Crippen LogP contribution in [-0.4, -0.2) is 19.1 Å². The van der Waals surface area contributed by atoms with Gasteiger partial charge in [-0.3, -0.25) is 4.98 Å². The topological polar surface area (TPSA) is 34.2 Å². The second-order valence-electron chi connectivity index (χ2n) is 4.65. The van der Waals surface area contributed by atoms with Crippen LogP contribution < -0.4 is 10.1 Å². The van der Waals surface area contributed by atoms with E-state index in [1.165, 1.54) is 11.1 Å². The summed E-state index contributed by atoms with van der Waals surface area (Å²) in [7, 11) is 3.64. The van der Waals surface area contributed by atoms with Crippen molar-refractivity contribution in [1.29, 1.82) is 0 Å². The Bertz CT molecular complexity index is 566. The van der Waals surface area contributed by atoms with Crippen molar-refractivity contribution in [3.05, 3.63) is 58.9 Å². The Labute approximate surface area is 114 Å². The van der Waals surface area contributed by atoms with Gasteiger partial charge >= 0.3 is 0 Å². The van der Waals surface area contributed by atoms with Crippen LogP contribution in [0.15, 0.2) is 36.4 Å². The van der Waals surface area contributed by atoms with Gasteiger partial charge in [0, 0.05) is 5.69 Å². The number of aromatic nitrogens is 1. The highest BCUT2D eigenvalue weighted by molar-refractivity contribution is 5.39. The molecule has 0 amide bonds. The van der Waals surface area contributed by atoms with Crippen molar-refractivity contribution in [2.75, 3.05) is 14.2 Å². The van der Waals surface area contributed by atoms with Gasteiger partial charge in [0.2, 0.25) is 0 Å². The predicted octanol–water partition coefficient (Wildman–Crippen LogP) is 3.02. The maximum atomic E-state index is 5.25. The summed E-state index contributed by atoms with van der Waals surface area (Å²) in [5, 5.41) is 3.34. The Balaban J connectivity index is 2.42. The SMILES string of the molecule is CNC(c1cccc(C)n1)c1ccc(OC)cc1C. The molecule has 2 aromatic rings. The largest absolute Gasteiger partial charge is 0.497 e. The van der Waals surface area contributed by atoms with Crippen LogP contribution in [0.4, 0.5) is 0 Å². The molecule has 19 heavy (non-hydrogen) atoms. The number of nitrogens with one attached hydrogen (secondary N) is 1. The van der Waals surface area contributed by atoms with E-state index in [1.54, 1.807) is 7.11 Å². The molecule has 0 aliphatic heterocycles. The lowest BCUT2D eigenvalue weighted by Gasteiger charge is -2.19. The second kappa shape index (κ2) is 5.85. The molecule has 0 fully saturated rings. The lowest BCUT2D eigenvalue weighted by molar-refractivity contribution is 0.414. The van der Waals surface area contributed by atoms with E-state index in [4.69, 9.17) is 4.74 Å². The molecule has 0 radical (unpaired) electrons. The van der Waals surface area contributed by atoms with Gasteiger partial charge in [-0.2, -0.15) is 0 Å². The van der Waals surface area contributed by atoms with Gasteiger partial charge in [0.1, 0.15) is 5.75 Å². The van der Waals surface area contributed by atoms with E-state index < -0.39 is 0 Å². The Kier molecular flexibility index (Phi) is 4.17. The van der Waals surface area contributed by atoms with E-state index in [-0.39, 0.29) is 6.04 Å². The van der Waals surface area contributed by atoms with Crippen LogP contribution in [0.25, 0.3) is 0 Å². The van der Waals surface area contributed by atoms with Crippen molar-refractivity contribution in [2.45, 2.75) is 19.9 Å². The molecule has 0 aliphatic rings. The monoisotopic (exact) mass is 256 g/mol. The van der Waals surface area contributed by atoms with Crippen LogP contribution in [-0.2, 0) is 0 Å². The Morgan fingerprint density at radius 1 is 1.16 bits per heavy atom. The van der Waals surface area contributed by atoms with Crippen molar-refractivity contribution < 1.29 is 4.74 Å². The predicted molar refractivity (Wildman–Crippen MR) is 77.6 cm³/mol. The highest BCUT2D eigenvalue weighted by Crippen LogP contribution is 2.26. The van der Waals surface area contributed by atoms with E-state index in [0.29, 0.717) is 0 Å². The summed E-state index contributed by atoms with van der Waals surface area (Å²) in [6.45, 7) is 4.11. The molecule has 0 aliphatic carbocycles. The summed E-state index contributed by atoms with van der Waals surface area (Å²) in [6.07, 6.45) is 0. The van der Waals surface area contributed by atoms with Crippen LogP contribution in [0.3, 0.4) is 0 Å². The van der Waals surface area contributed by atoms with Crippen molar-refractivity contribution in [1.82, 2.24) is 10.3 Å². The molecule has 3 nitrogen and oxygen atoms in total. The second-order valence-corrected chi connectivity index (χ2v) is 4.65. The van der Waals surface area contributed by atoms with Crippen LogP contribution in [0.5, 0.6) is 5.75 Å². The molecule has 0 saturated heterocycles. The smallest absolute Gasteiger partial charge is 0.119 e. The zero-order chi connectivity index (χ0) is 13.8. The number of pyridine rings is 1. The van der Waals surface area contributed by atoms with Gasteiger partial charge < -0.3 is 10.1 Å². The van der Waals surface area contributed by atoms with E-state index in [9.17, 15) is 0 Å². The molecule has 100 valence electrons. The zero-order valence-corrected chi connectivity index (χ0v) is 11.9. The van der Waals surface area contributed by atoms with Crippen LogP contribution in [0.2, 0.25) is 0 Å². The molecule has 0 bridgehead atoms. The fourth-order valence-electron chi connectivity index (χ4n) is 2.29. The first-order valence-corrected chi connectivity index (χ1v) is 6.41. The highest BCUT2D eigenvalue weighted by atomic mass is 16.5. The van der Waals surface area contributed by atoms with Crippen molar-refractivity contribution in [2.24, 2.45) is 0 Å². The molecule has 0 spiro atoms. The fourth-order valence-corrected chi connectivity index (χ4v) is 2.29. The number of benzene rings is 1. The van der Waals surface area contributed by atoms with E-state index in [2.05, 4.69) is 35.4 Å². The summed E-state index contributed by atoms with van der Waals surface area (Å²) >= 11 is 0. The van der Waals surface area contributed by atoms with Gasteiger partial charge in [0.25, 0.3) is 0 Å². The molecular formula is C16H20N2O. The molecule has 2 rings (SSSR count). The summed E-state index contributed by atoms with van der Waals surface area (Å²) in [5.74, 6) is 0.883. The molecule has 1 heterocycles. The first kappa shape index (κ1) is 13.6. The summed E-state index contributed by atoms with van der Waals surface area (Å²) in [5.41, 5.74) is 4.49. The van der Waals surface area contributed by atoms with Gasteiger partial charge in [-0.1, -0.05) is 12.1 Å². The zero-order valence-electron chi connectivity index (χ0n) is 11.9. The maximum Gasteiger partial charge on any atom is 0.119 e. The number of hydrogen-bond donors (Lipinski definition) is 1. The lowest BCUT2D eigenvalue weighted by Crippen LogP contribution is -2.20. The molecule has 1 aromatic carbocycles. The fraction of sp³-hybridized carbons (Fsp3) is 0.312. The Hall–Kier alpha value is -1.87. The average molecular weight is 256 g/mol. The van der Waals surface area contributed by atoms with Crippen molar-refractivity contribution in [3.8, 4) is 5.75 Å². The number of hydrogen-bond acceptors (Lipinski definition) is 3. The molecule has 3 heteroatoms. The van der Waals surface area contributed by atoms with Crippen molar-refractivity contribution >= 4 is 0 Å². The average Bonchev–Trinajstić information content (AvgIpc) is 2.41. The summed E-state index contributed by atoms with van der Waals surface area (Å²) < 4.78 is 5.25. The van der Waals surface area contributed by atoms with Crippen LogP contribution >= 0.6 is 0 Å². The number of rotatable bonds is 4. The Morgan fingerprint density at radius 2 is 1.95 bits per heavy atom. The Morgan fingerprint density at radius 3 is 2.53 bits per heavy atom. The molecule has 1 unspecified atom stereocenters. The minimum Gasteiger partial charge on any atom is -0.497 e. The minimum absolute atomic E-state index is 0.103. The lowest BCUT2D eigenvalue weighted by atomic mass is 9.98. The number of nitrogens with zero attached hydrogens (tertiary/aromatic N) is 1. The van der Waals surface area contributed by atoms with Gasteiger partial charge in [-0.25, -0.2) is 0 Å². The van der Waals surface area contributed by atoms with Gasteiger partial charge in [0.05, 0.1) is 18.8 Å². The van der Waals surface area contributed by atoms with Crippen molar-refractivity contribution in [3.63, 3.8) is 0 Å². The summed E-state index contributed by atoms with van der Waals surface area (Å²) in [6, 6.07) is 12.3. The molecule has 1 N–H and O–H groups in total. The number of ether oxygens (including phenoxy) is 1. The van der Waals surface area contributed by atoms with Gasteiger partial charge in [-0.15, -0.1) is 0 Å². The molecule has 0 saturated carbocycles. The van der Waals surface area contributed by atoms with Crippen LogP contribution in [0.1, 0.15) is 28.6 Å². The minimum atomic E-state index is 0.103. The third-order valence-corrected chi connectivity index (χ3v) is 3.28. The maximum absolute atomic E-state index is 5.25. The van der Waals surface area contributed by atoms with Crippen LogP contribution in [0, 0.1) is 13.8 Å². The third-order valence-electron chi connectivity index (χ3n) is 3.28. The van der Waals surface area contributed by atoms with Gasteiger partial charge in [-0.05, 0) is 56.3 Å².